The van der Waals surface area contributed by atoms with Crippen molar-refractivity contribution < 1.29 is 0 Å². The van der Waals surface area contributed by atoms with Gasteiger partial charge in [0.25, 0.3) is 0 Å². The van der Waals surface area contributed by atoms with Crippen LogP contribution in [0.4, 0.5) is 17.1 Å². The average Bonchev–Trinajstić information content (AvgIpc) is 3.16. The molecule has 0 spiro atoms. The van der Waals surface area contributed by atoms with Gasteiger partial charge in [0.2, 0.25) is 0 Å². The highest BCUT2D eigenvalue weighted by molar-refractivity contribution is 6.09. The van der Waals surface area contributed by atoms with Crippen LogP contribution in [-0.2, 0) is 7.05 Å². The van der Waals surface area contributed by atoms with Crippen molar-refractivity contribution in [2.24, 2.45) is 7.05 Å². The summed E-state index contributed by atoms with van der Waals surface area (Å²) in [5.41, 5.74) is 9.72. The summed E-state index contributed by atoms with van der Waals surface area (Å²) >= 11 is 0. The van der Waals surface area contributed by atoms with E-state index in [0.29, 0.717) is 0 Å². The number of hydrogen-bond acceptors (Lipinski definition) is 1. The van der Waals surface area contributed by atoms with Crippen molar-refractivity contribution in [1.82, 2.24) is 4.57 Å². The molecule has 0 N–H and O–H groups in total. The van der Waals surface area contributed by atoms with Gasteiger partial charge in [0.05, 0.1) is 0 Å². The number of aryl methyl sites for hydroxylation is 2. The minimum Gasteiger partial charge on any atom is -0.344 e. The Morgan fingerprint density at radius 2 is 1.00 bits per heavy atom. The van der Waals surface area contributed by atoms with E-state index in [1.165, 1.54) is 38.5 Å². The number of fused-ring (bicyclic) bond motifs is 3. The Hall–Kier alpha value is -4.30. The molecule has 0 amide bonds. The number of aromatic nitrogens is 1. The first-order valence-corrected chi connectivity index (χ1v) is 11.7. The number of anilines is 3. The van der Waals surface area contributed by atoms with Crippen LogP contribution in [0.3, 0.4) is 0 Å². The van der Waals surface area contributed by atoms with Crippen LogP contribution < -0.4 is 4.90 Å². The quantitative estimate of drug-likeness (QED) is 0.267. The van der Waals surface area contributed by atoms with Crippen LogP contribution in [0.15, 0.2) is 121 Å². The summed E-state index contributed by atoms with van der Waals surface area (Å²) in [5.74, 6) is 0. The first-order valence-electron chi connectivity index (χ1n) is 11.7. The molecule has 6 aromatic rings. The molecule has 0 atom stereocenters. The Kier molecular flexibility index (Phi) is 4.92. The molecular formula is C32H26N2. The van der Waals surface area contributed by atoms with E-state index in [1.54, 1.807) is 0 Å². The van der Waals surface area contributed by atoms with E-state index in [0.717, 1.165) is 17.1 Å². The third kappa shape index (κ3) is 3.45. The Labute approximate surface area is 200 Å². The third-order valence-electron chi connectivity index (χ3n) is 6.65. The number of benzene rings is 5. The Balaban J connectivity index is 1.43. The predicted octanol–water partition coefficient (Wildman–Crippen LogP) is 8.78. The van der Waals surface area contributed by atoms with E-state index < -0.39 is 0 Å². The lowest BCUT2D eigenvalue weighted by molar-refractivity contribution is 1.01. The van der Waals surface area contributed by atoms with Crippen molar-refractivity contribution in [1.29, 1.82) is 0 Å². The standard InChI is InChI=1S/C32H26N2/c1-23-13-19-31-29(21-23)30-22-25(16-20-32(30)33(31)2)24-14-17-28(18-15-24)34(26-9-5-3-6-10-26)27-11-7-4-8-12-27/h3-22H,1-2H3. The molecule has 0 aliphatic rings. The van der Waals surface area contributed by atoms with E-state index in [4.69, 9.17) is 0 Å². The maximum absolute atomic E-state index is 2.33. The Bertz CT molecular complexity index is 1560. The maximum atomic E-state index is 2.33. The molecule has 2 nitrogen and oxygen atoms in total. The van der Waals surface area contributed by atoms with Gasteiger partial charge < -0.3 is 9.47 Å². The molecular weight excluding hydrogens is 412 g/mol. The lowest BCUT2D eigenvalue weighted by Crippen LogP contribution is -2.09. The normalized spacial score (nSPS) is 11.2. The molecule has 0 aliphatic carbocycles. The molecule has 0 aliphatic heterocycles. The molecule has 0 fully saturated rings. The Morgan fingerprint density at radius 3 is 1.62 bits per heavy atom. The van der Waals surface area contributed by atoms with Crippen molar-refractivity contribution in [3.8, 4) is 11.1 Å². The lowest BCUT2D eigenvalue weighted by atomic mass is 10.0. The molecule has 0 bridgehead atoms. The molecule has 6 rings (SSSR count). The van der Waals surface area contributed by atoms with Crippen LogP contribution in [-0.4, -0.2) is 4.57 Å². The van der Waals surface area contributed by atoms with E-state index in [2.05, 4.69) is 145 Å². The van der Waals surface area contributed by atoms with Crippen molar-refractivity contribution in [3.05, 3.63) is 127 Å². The number of nitrogens with zero attached hydrogens (tertiary/aromatic N) is 2. The summed E-state index contributed by atoms with van der Waals surface area (Å²) < 4.78 is 2.29. The number of hydrogen-bond donors (Lipinski definition) is 0. The second-order valence-corrected chi connectivity index (χ2v) is 8.86. The maximum Gasteiger partial charge on any atom is 0.0489 e. The summed E-state index contributed by atoms with van der Waals surface area (Å²) in [6.07, 6.45) is 0. The molecule has 5 aromatic carbocycles. The summed E-state index contributed by atoms with van der Waals surface area (Å²) in [6.45, 7) is 2.16. The zero-order valence-electron chi connectivity index (χ0n) is 19.4. The van der Waals surface area contributed by atoms with Gasteiger partial charge in [0, 0.05) is 45.9 Å². The van der Waals surface area contributed by atoms with Gasteiger partial charge >= 0.3 is 0 Å². The fraction of sp³-hybridized carbons (Fsp3) is 0.0625. The third-order valence-corrected chi connectivity index (χ3v) is 6.65. The van der Waals surface area contributed by atoms with Crippen LogP contribution in [0.25, 0.3) is 32.9 Å². The van der Waals surface area contributed by atoms with Gasteiger partial charge in [-0.2, -0.15) is 0 Å². The second kappa shape index (κ2) is 8.24. The fourth-order valence-corrected chi connectivity index (χ4v) is 4.92. The average molecular weight is 439 g/mol. The monoisotopic (exact) mass is 438 g/mol. The summed E-state index contributed by atoms with van der Waals surface area (Å²) in [4.78, 5) is 2.29. The summed E-state index contributed by atoms with van der Waals surface area (Å²) in [5, 5.41) is 2.62. The molecule has 164 valence electrons. The molecule has 34 heavy (non-hydrogen) atoms. The van der Waals surface area contributed by atoms with Crippen molar-refractivity contribution in [2.45, 2.75) is 6.92 Å². The zero-order valence-corrected chi connectivity index (χ0v) is 19.4. The highest BCUT2D eigenvalue weighted by atomic mass is 15.1. The van der Waals surface area contributed by atoms with Gasteiger partial charge in [-0.1, -0.05) is 66.2 Å². The topological polar surface area (TPSA) is 8.17 Å². The van der Waals surface area contributed by atoms with Gasteiger partial charge in [-0.15, -0.1) is 0 Å². The molecule has 1 heterocycles. The van der Waals surface area contributed by atoms with E-state index in [9.17, 15) is 0 Å². The number of para-hydroxylation sites is 2. The first kappa shape index (κ1) is 20.3. The number of rotatable bonds is 4. The van der Waals surface area contributed by atoms with Crippen LogP contribution in [0, 0.1) is 6.92 Å². The smallest absolute Gasteiger partial charge is 0.0489 e. The summed E-state index contributed by atoms with van der Waals surface area (Å²) in [7, 11) is 2.15. The largest absolute Gasteiger partial charge is 0.344 e. The van der Waals surface area contributed by atoms with Crippen molar-refractivity contribution in [3.63, 3.8) is 0 Å². The molecule has 0 saturated heterocycles. The van der Waals surface area contributed by atoms with Crippen molar-refractivity contribution >= 4 is 38.9 Å². The van der Waals surface area contributed by atoms with Gasteiger partial charge in [-0.25, -0.2) is 0 Å². The Morgan fingerprint density at radius 1 is 0.500 bits per heavy atom. The molecule has 2 heteroatoms. The van der Waals surface area contributed by atoms with E-state index >= 15 is 0 Å². The van der Waals surface area contributed by atoms with Crippen LogP contribution in [0.2, 0.25) is 0 Å². The highest BCUT2D eigenvalue weighted by Gasteiger charge is 2.13. The molecule has 0 unspecified atom stereocenters. The molecule has 0 saturated carbocycles. The zero-order chi connectivity index (χ0) is 23.1. The first-order chi connectivity index (χ1) is 16.7. The van der Waals surface area contributed by atoms with Gasteiger partial charge in [0.1, 0.15) is 0 Å². The van der Waals surface area contributed by atoms with Gasteiger partial charge in [-0.05, 0) is 78.7 Å². The predicted molar refractivity (Wildman–Crippen MR) is 145 cm³/mol. The van der Waals surface area contributed by atoms with Crippen LogP contribution in [0.1, 0.15) is 5.56 Å². The van der Waals surface area contributed by atoms with Gasteiger partial charge in [0.15, 0.2) is 0 Å². The summed E-state index contributed by atoms with van der Waals surface area (Å²) in [6, 6.07) is 43.4. The lowest BCUT2D eigenvalue weighted by Gasteiger charge is -2.25. The van der Waals surface area contributed by atoms with Crippen LogP contribution >= 0.6 is 0 Å². The van der Waals surface area contributed by atoms with Crippen LogP contribution in [0.5, 0.6) is 0 Å². The molecule has 1 aromatic heterocycles. The SMILES string of the molecule is Cc1ccc2c(c1)c1cc(-c3ccc(N(c4ccccc4)c4ccccc4)cc3)ccc1n2C. The van der Waals surface area contributed by atoms with E-state index in [1.807, 2.05) is 0 Å². The minimum atomic E-state index is 1.14. The fourth-order valence-electron chi connectivity index (χ4n) is 4.92. The minimum absolute atomic E-state index is 1.14. The van der Waals surface area contributed by atoms with E-state index in [-0.39, 0.29) is 0 Å². The second-order valence-electron chi connectivity index (χ2n) is 8.86. The van der Waals surface area contributed by atoms with Gasteiger partial charge in [-0.3, -0.25) is 0 Å². The molecule has 0 radical (unpaired) electrons. The highest BCUT2D eigenvalue weighted by Crippen LogP contribution is 2.36. The van der Waals surface area contributed by atoms with Crippen molar-refractivity contribution in [2.75, 3.05) is 4.90 Å².